The minimum atomic E-state index is -0.123. The smallest absolute Gasteiger partial charge is 0.305 e. The van der Waals surface area contributed by atoms with E-state index >= 15 is 0 Å². The fourth-order valence-electron chi connectivity index (χ4n) is 4.67. The van der Waals surface area contributed by atoms with E-state index < -0.39 is 0 Å². The van der Waals surface area contributed by atoms with Crippen molar-refractivity contribution in [3.8, 4) is 0 Å². The predicted molar refractivity (Wildman–Crippen MR) is 118 cm³/mol. The Morgan fingerprint density at radius 1 is 1.03 bits per heavy atom. The third kappa shape index (κ3) is 6.45. The van der Waals surface area contributed by atoms with Crippen molar-refractivity contribution in [3.05, 3.63) is 35.4 Å². The van der Waals surface area contributed by atoms with Crippen molar-refractivity contribution in [1.82, 2.24) is 10.2 Å². The van der Waals surface area contributed by atoms with Gasteiger partial charge in [-0.1, -0.05) is 12.1 Å². The van der Waals surface area contributed by atoms with E-state index in [0.29, 0.717) is 24.3 Å². The van der Waals surface area contributed by atoms with Crippen LogP contribution in [0.15, 0.2) is 24.3 Å². The lowest BCUT2D eigenvalue weighted by Gasteiger charge is -2.34. The van der Waals surface area contributed by atoms with Gasteiger partial charge in [-0.05, 0) is 87.6 Å². The van der Waals surface area contributed by atoms with E-state index in [0.717, 1.165) is 50.8 Å². The highest BCUT2D eigenvalue weighted by atomic mass is 35.5. The van der Waals surface area contributed by atoms with Crippen molar-refractivity contribution in [2.75, 3.05) is 27.2 Å². The van der Waals surface area contributed by atoms with Crippen molar-refractivity contribution in [3.63, 3.8) is 0 Å². The molecule has 1 aliphatic heterocycles. The van der Waals surface area contributed by atoms with Crippen LogP contribution in [0.1, 0.15) is 73.2 Å². The lowest BCUT2D eigenvalue weighted by atomic mass is 9.83. The molecule has 6 heteroatoms. The van der Waals surface area contributed by atoms with Crippen LogP contribution in [0.2, 0.25) is 0 Å². The summed E-state index contributed by atoms with van der Waals surface area (Å²) in [4.78, 5) is 26.2. The number of rotatable bonds is 6. The quantitative estimate of drug-likeness (QED) is 0.699. The van der Waals surface area contributed by atoms with Gasteiger partial charge < -0.3 is 15.0 Å². The van der Waals surface area contributed by atoms with Crippen molar-refractivity contribution in [2.45, 2.75) is 63.3 Å². The summed E-state index contributed by atoms with van der Waals surface area (Å²) in [7, 11) is 3.38. The lowest BCUT2D eigenvalue weighted by Crippen LogP contribution is -2.39. The summed E-state index contributed by atoms with van der Waals surface area (Å²) in [5, 5.41) is 3.40. The highest BCUT2D eigenvalue weighted by molar-refractivity contribution is 5.94. The van der Waals surface area contributed by atoms with Gasteiger partial charge in [0.05, 0.1) is 7.11 Å². The Bertz CT molecular complexity index is 651. The number of carbonyl (C=O) groups excluding carboxylic acids is 2. The number of methoxy groups -OCH3 is 1. The number of halogens is 1. The van der Waals surface area contributed by atoms with E-state index in [1.165, 1.54) is 25.5 Å². The van der Waals surface area contributed by atoms with Gasteiger partial charge in [0.1, 0.15) is 0 Å². The SMILES string of the molecule is COC(=O)CC[C@H]1CC[C@H](N(C)C(=O)c2ccc(C3CCNCC3)cc2)CC1.Cl. The molecular formula is C23H35ClN2O3. The van der Waals surface area contributed by atoms with Crippen molar-refractivity contribution < 1.29 is 14.3 Å². The van der Waals surface area contributed by atoms with Gasteiger partial charge >= 0.3 is 5.97 Å². The minimum absolute atomic E-state index is 0. The zero-order valence-corrected chi connectivity index (χ0v) is 18.5. The topological polar surface area (TPSA) is 58.6 Å². The number of nitrogens with zero attached hydrogens (tertiary/aromatic N) is 1. The van der Waals surface area contributed by atoms with Gasteiger partial charge in [0.2, 0.25) is 0 Å². The average molecular weight is 423 g/mol. The van der Waals surface area contributed by atoms with Crippen LogP contribution in [0, 0.1) is 5.92 Å². The Morgan fingerprint density at radius 3 is 2.24 bits per heavy atom. The number of nitrogens with one attached hydrogen (secondary N) is 1. The van der Waals surface area contributed by atoms with Crippen LogP contribution >= 0.6 is 12.4 Å². The maximum absolute atomic E-state index is 12.9. The molecular weight excluding hydrogens is 388 g/mol. The van der Waals surface area contributed by atoms with Gasteiger partial charge in [-0.15, -0.1) is 12.4 Å². The number of piperidine rings is 1. The van der Waals surface area contributed by atoms with Crippen LogP contribution in [-0.2, 0) is 9.53 Å². The molecule has 1 heterocycles. The second kappa shape index (κ2) is 11.6. The lowest BCUT2D eigenvalue weighted by molar-refractivity contribution is -0.141. The molecule has 1 saturated carbocycles. The van der Waals surface area contributed by atoms with E-state index in [-0.39, 0.29) is 24.3 Å². The molecule has 1 aromatic carbocycles. The van der Waals surface area contributed by atoms with Crippen LogP contribution < -0.4 is 5.32 Å². The molecule has 1 aromatic rings. The van der Waals surface area contributed by atoms with Crippen LogP contribution in [0.5, 0.6) is 0 Å². The molecule has 29 heavy (non-hydrogen) atoms. The third-order valence-corrected chi connectivity index (χ3v) is 6.64. The summed E-state index contributed by atoms with van der Waals surface area (Å²) in [5.74, 6) is 1.18. The number of hydrogen-bond donors (Lipinski definition) is 1. The Hall–Kier alpha value is -1.59. The molecule has 1 saturated heterocycles. The normalized spacial score (nSPS) is 22.4. The first-order valence-corrected chi connectivity index (χ1v) is 10.7. The first-order valence-electron chi connectivity index (χ1n) is 10.7. The number of hydrogen-bond acceptors (Lipinski definition) is 4. The maximum atomic E-state index is 12.9. The highest BCUT2D eigenvalue weighted by Crippen LogP contribution is 2.31. The van der Waals surface area contributed by atoms with E-state index in [4.69, 9.17) is 4.74 Å². The number of benzene rings is 1. The van der Waals surface area contributed by atoms with Gasteiger partial charge in [0, 0.05) is 25.1 Å². The minimum Gasteiger partial charge on any atom is -0.469 e. The van der Waals surface area contributed by atoms with Gasteiger partial charge in [0.25, 0.3) is 5.91 Å². The fourth-order valence-corrected chi connectivity index (χ4v) is 4.67. The molecule has 1 N–H and O–H groups in total. The van der Waals surface area contributed by atoms with Crippen LogP contribution in [-0.4, -0.2) is 50.1 Å². The van der Waals surface area contributed by atoms with Crippen molar-refractivity contribution in [1.29, 1.82) is 0 Å². The molecule has 3 rings (SSSR count). The first kappa shape index (κ1) is 23.7. The highest BCUT2D eigenvalue weighted by Gasteiger charge is 2.27. The molecule has 0 bridgehead atoms. The second-order valence-electron chi connectivity index (χ2n) is 8.35. The number of amides is 1. The Morgan fingerprint density at radius 2 is 1.66 bits per heavy atom. The summed E-state index contributed by atoms with van der Waals surface area (Å²) >= 11 is 0. The second-order valence-corrected chi connectivity index (χ2v) is 8.35. The molecule has 2 aliphatic rings. The van der Waals surface area contributed by atoms with Crippen LogP contribution in [0.25, 0.3) is 0 Å². The van der Waals surface area contributed by atoms with Gasteiger partial charge in [0.15, 0.2) is 0 Å². The van der Waals surface area contributed by atoms with Crippen molar-refractivity contribution in [2.24, 2.45) is 5.92 Å². The summed E-state index contributed by atoms with van der Waals surface area (Å²) < 4.78 is 4.73. The molecule has 2 fully saturated rings. The summed E-state index contributed by atoms with van der Waals surface area (Å²) in [5.41, 5.74) is 2.14. The van der Waals surface area contributed by atoms with Crippen LogP contribution in [0.3, 0.4) is 0 Å². The van der Waals surface area contributed by atoms with Crippen molar-refractivity contribution >= 4 is 24.3 Å². The molecule has 1 amide bonds. The zero-order valence-electron chi connectivity index (χ0n) is 17.7. The predicted octanol–water partition coefficient (Wildman–Crippen LogP) is 4.16. The number of ether oxygens (including phenoxy) is 1. The van der Waals surface area contributed by atoms with E-state index in [1.807, 2.05) is 24.1 Å². The summed E-state index contributed by atoms with van der Waals surface area (Å²) in [6.07, 6.45) is 7.93. The Labute approximate surface area is 181 Å². The first-order chi connectivity index (χ1) is 13.6. The average Bonchev–Trinajstić information content (AvgIpc) is 2.77. The van der Waals surface area contributed by atoms with E-state index in [9.17, 15) is 9.59 Å². The van der Waals surface area contributed by atoms with Gasteiger partial charge in [-0.3, -0.25) is 9.59 Å². The standard InChI is InChI=1S/C23H34N2O3.ClH/c1-25(21-10-3-17(4-11-21)5-12-22(26)28-2)23(27)20-8-6-18(7-9-20)19-13-15-24-16-14-19;/h6-9,17,19,21,24H,3-5,10-16H2,1-2H3;1H/t17-,21-;. The summed E-state index contributed by atoms with van der Waals surface area (Å²) in [6.45, 7) is 2.16. The molecule has 0 unspecified atom stereocenters. The van der Waals surface area contributed by atoms with E-state index in [1.54, 1.807) is 0 Å². The molecule has 162 valence electrons. The number of carbonyl (C=O) groups is 2. The molecule has 0 radical (unpaired) electrons. The summed E-state index contributed by atoms with van der Waals surface area (Å²) in [6, 6.07) is 8.57. The van der Waals surface area contributed by atoms with Gasteiger partial charge in [-0.25, -0.2) is 0 Å². The Balaban J connectivity index is 0.00000300. The van der Waals surface area contributed by atoms with Crippen LogP contribution in [0.4, 0.5) is 0 Å². The van der Waals surface area contributed by atoms with E-state index in [2.05, 4.69) is 17.4 Å². The molecule has 1 aliphatic carbocycles. The third-order valence-electron chi connectivity index (χ3n) is 6.64. The molecule has 0 aromatic heterocycles. The zero-order chi connectivity index (χ0) is 19.9. The molecule has 0 spiro atoms. The Kier molecular flexibility index (Phi) is 9.44. The maximum Gasteiger partial charge on any atom is 0.305 e. The molecule has 5 nitrogen and oxygen atoms in total. The largest absolute Gasteiger partial charge is 0.469 e. The fraction of sp³-hybridized carbons (Fsp3) is 0.652. The monoisotopic (exact) mass is 422 g/mol. The number of esters is 1. The molecule has 0 atom stereocenters. The van der Waals surface area contributed by atoms with Gasteiger partial charge in [-0.2, -0.15) is 0 Å².